The van der Waals surface area contributed by atoms with Crippen LogP contribution in [0, 0.1) is 0 Å². The van der Waals surface area contributed by atoms with Crippen LogP contribution in [0.5, 0.6) is 0 Å². The number of carbonyl (C=O) groups excluding carboxylic acids is 2. The molecule has 3 heterocycles. The van der Waals surface area contributed by atoms with Crippen LogP contribution in [0.2, 0.25) is 0 Å². The van der Waals surface area contributed by atoms with E-state index in [1.165, 1.54) is 0 Å². The van der Waals surface area contributed by atoms with E-state index in [1.54, 1.807) is 11.3 Å². The highest BCUT2D eigenvalue weighted by Crippen LogP contribution is 2.38. The Hall–Kier alpha value is -2.18. The average Bonchev–Trinajstić information content (AvgIpc) is 3.17. The first kappa shape index (κ1) is 16.3. The van der Waals surface area contributed by atoms with Crippen molar-refractivity contribution >= 4 is 28.7 Å². The molecule has 1 aromatic heterocycles. The number of hydrogen-bond acceptors (Lipinski definition) is 5. The van der Waals surface area contributed by atoms with E-state index in [0.717, 1.165) is 43.1 Å². The van der Waals surface area contributed by atoms with Crippen LogP contribution in [0.4, 0.5) is 5.69 Å². The fourth-order valence-electron chi connectivity index (χ4n) is 3.66. The van der Waals surface area contributed by atoms with Crippen LogP contribution in [-0.4, -0.2) is 38.0 Å². The van der Waals surface area contributed by atoms with Crippen molar-refractivity contribution in [3.8, 4) is 0 Å². The van der Waals surface area contributed by atoms with E-state index in [4.69, 9.17) is 4.74 Å². The normalized spacial score (nSPS) is 24.2. The number of anilines is 1. The van der Waals surface area contributed by atoms with Crippen molar-refractivity contribution in [2.75, 3.05) is 31.2 Å². The van der Waals surface area contributed by atoms with Crippen molar-refractivity contribution in [1.29, 1.82) is 0 Å². The number of nitrogens with one attached hydrogen (secondary N) is 1. The highest BCUT2D eigenvalue weighted by Gasteiger charge is 2.42. The summed E-state index contributed by atoms with van der Waals surface area (Å²) in [6.45, 7) is 3.24. The smallest absolute Gasteiger partial charge is 0.228 e. The van der Waals surface area contributed by atoms with Gasteiger partial charge in [0.05, 0.1) is 25.2 Å². The van der Waals surface area contributed by atoms with Crippen LogP contribution in [0.3, 0.4) is 0 Å². The van der Waals surface area contributed by atoms with Gasteiger partial charge >= 0.3 is 0 Å². The molecule has 0 unspecified atom stereocenters. The lowest BCUT2D eigenvalue weighted by Gasteiger charge is -2.38. The maximum absolute atomic E-state index is 12.2. The molecule has 6 heteroatoms. The Bertz CT molecular complexity index is 748. The molecule has 0 spiro atoms. The summed E-state index contributed by atoms with van der Waals surface area (Å²) in [4.78, 5) is 26.6. The predicted octanol–water partition coefficient (Wildman–Crippen LogP) is 2.31. The standard InChI is InChI=1S/C19H20N2O3S/c22-17-11-18(23)20-19(12-17,15-5-10-25-13-15)14-1-3-16(4-2-14)21-6-8-24-9-7-21/h1-5,10,13H,6-9,11-12H2,(H,20,23)/t19-/m1/s1. The molecule has 25 heavy (non-hydrogen) atoms. The molecule has 1 atom stereocenters. The van der Waals surface area contributed by atoms with Crippen LogP contribution in [0.15, 0.2) is 41.1 Å². The lowest BCUT2D eigenvalue weighted by Crippen LogP contribution is -2.52. The number of piperidine rings is 1. The second-order valence-electron chi connectivity index (χ2n) is 6.50. The third kappa shape index (κ3) is 3.07. The monoisotopic (exact) mass is 356 g/mol. The van der Waals surface area contributed by atoms with E-state index in [2.05, 4.69) is 22.3 Å². The third-order valence-electron chi connectivity index (χ3n) is 4.92. The number of ether oxygens (including phenoxy) is 1. The Morgan fingerprint density at radius 3 is 2.44 bits per heavy atom. The van der Waals surface area contributed by atoms with Crippen molar-refractivity contribution < 1.29 is 14.3 Å². The van der Waals surface area contributed by atoms with E-state index in [9.17, 15) is 9.59 Å². The first-order valence-electron chi connectivity index (χ1n) is 8.46. The Morgan fingerprint density at radius 1 is 1.04 bits per heavy atom. The van der Waals surface area contributed by atoms with Gasteiger partial charge in [0.2, 0.25) is 5.91 Å². The first-order chi connectivity index (χ1) is 12.2. The number of amides is 1. The zero-order valence-electron chi connectivity index (χ0n) is 13.9. The van der Waals surface area contributed by atoms with Crippen LogP contribution in [0.1, 0.15) is 24.0 Å². The second kappa shape index (κ2) is 6.61. The number of thiophene rings is 1. The molecule has 4 rings (SSSR count). The molecule has 1 N–H and O–H groups in total. The van der Waals surface area contributed by atoms with Crippen LogP contribution < -0.4 is 10.2 Å². The molecule has 0 saturated carbocycles. The highest BCUT2D eigenvalue weighted by molar-refractivity contribution is 7.08. The number of Topliss-reactive ketones (excluding diaryl/α,β-unsaturated/α-hetero) is 1. The Kier molecular flexibility index (Phi) is 4.31. The summed E-state index contributed by atoms with van der Waals surface area (Å²) < 4.78 is 5.40. The van der Waals surface area contributed by atoms with E-state index in [0.29, 0.717) is 6.42 Å². The molecule has 0 aliphatic carbocycles. The van der Waals surface area contributed by atoms with Crippen LogP contribution in [-0.2, 0) is 19.9 Å². The van der Waals surface area contributed by atoms with Gasteiger partial charge in [-0.15, -0.1) is 0 Å². The topological polar surface area (TPSA) is 58.6 Å². The van der Waals surface area contributed by atoms with Crippen molar-refractivity contribution in [1.82, 2.24) is 5.32 Å². The summed E-state index contributed by atoms with van der Waals surface area (Å²) in [5.74, 6) is -0.230. The predicted molar refractivity (Wildman–Crippen MR) is 97.0 cm³/mol. The fraction of sp³-hybridized carbons (Fsp3) is 0.368. The van der Waals surface area contributed by atoms with Crippen molar-refractivity contribution in [3.05, 3.63) is 52.2 Å². The molecule has 2 aromatic rings. The molecule has 0 bridgehead atoms. The highest BCUT2D eigenvalue weighted by atomic mass is 32.1. The summed E-state index contributed by atoms with van der Waals surface area (Å²) >= 11 is 1.57. The van der Waals surface area contributed by atoms with E-state index in [1.807, 2.05) is 29.0 Å². The van der Waals surface area contributed by atoms with Crippen molar-refractivity contribution in [2.45, 2.75) is 18.4 Å². The van der Waals surface area contributed by atoms with Crippen molar-refractivity contribution in [2.24, 2.45) is 0 Å². The zero-order chi connectivity index (χ0) is 17.3. The lowest BCUT2D eigenvalue weighted by molar-refractivity contribution is -0.133. The molecular weight excluding hydrogens is 336 g/mol. The maximum Gasteiger partial charge on any atom is 0.228 e. The third-order valence-corrected chi connectivity index (χ3v) is 5.61. The van der Waals surface area contributed by atoms with Gasteiger partial charge in [-0.05, 0) is 40.1 Å². The molecule has 130 valence electrons. The van der Waals surface area contributed by atoms with Gasteiger partial charge in [0.1, 0.15) is 5.78 Å². The van der Waals surface area contributed by atoms with E-state index in [-0.39, 0.29) is 18.1 Å². The number of benzene rings is 1. The summed E-state index contributed by atoms with van der Waals surface area (Å²) in [6.07, 6.45) is 0.268. The second-order valence-corrected chi connectivity index (χ2v) is 7.28. The molecule has 1 aromatic carbocycles. The SMILES string of the molecule is O=C1CC(=O)N[C@](c2ccc(N3CCOCC3)cc2)(c2ccsc2)C1. The molecule has 0 radical (unpaired) electrons. The quantitative estimate of drug-likeness (QED) is 0.858. The minimum Gasteiger partial charge on any atom is -0.378 e. The minimum absolute atomic E-state index is 0.0211. The Morgan fingerprint density at radius 2 is 1.80 bits per heavy atom. The number of carbonyl (C=O) groups is 2. The summed E-state index contributed by atoms with van der Waals surface area (Å²) in [6, 6.07) is 10.2. The van der Waals surface area contributed by atoms with Crippen LogP contribution in [0.25, 0.3) is 0 Å². The van der Waals surface area contributed by atoms with Gasteiger partial charge in [0.25, 0.3) is 0 Å². The minimum atomic E-state index is -0.754. The van der Waals surface area contributed by atoms with E-state index < -0.39 is 5.54 Å². The Labute approximate surface area is 150 Å². The van der Waals surface area contributed by atoms with Crippen LogP contribution >= 0.6 is 11.3 Å². The lowest BCUT2D eigenvalue weighted by atomic mass is 9.77. The molecule has 2 aliphatic heterocycles. The number of nitrogens with zero attached hydrogens (tertiary/aromatic N) is 1. The number of morpholine rings is 1. The molecule has 2 saturated heterocycles. The average molecular weight is 356 g/mol. The van der Waals surface area contributed by atoms with E-state index >= 15 is 0 Å². The van der Waals surface area contributed by atoms with Gasteiger partial charge in [-0.2, -0.15) is 11.3 Å². The Balaban J connectivity index is 1.70. The van der Waals surface area contributed by atoms with Gasteiger partial charge in [-0.1, -0.05) is 12.1 Å². The number of ketones is 1. The maximum atomic E-state index is 12.2. The number of rotatable bonds is 3. The molecule has 2 aliphatic rings. The first-order valence-corrected chi connectivity index (χ1v) is 9.40. The molecule has 1 amide bonds. The molecule has 2 fully saturated rings. The largest absolute Gasteiger partial charge is 0.378 e. The zero-order valence-corrected chi connectivity index (χ0v) is 14.7. The van der Waals surface area contributed by atoms with Gasteiger partial charge in [0.15, 0.2) is 0 Å². The fourth-order valence-corrected chi connectivity index (χ4v) is 4.39. The molecule has 5 nitrogen and oxygen atoms in total. The van der Waals surface area contributed by atoms with Crippen molar-refractivity contribution in [3.63, 3.8) is 0 Å². The summed E-state index contributed by atoms with van der Waals surface area (Å²) in [5, 5.41) is 7.08. The van der Waals surface area contributed by atoms with Gasteiger partial charge in [-0.25, -0.2) is 0 Å². The summed E-state index contributed by atoms with van der Waals surface area (Å²) in [7, 11) is 0. The summed E-state index contributed by atoms with van der Waals surface area (Å²) in [5.41, 5.74) is 2.30. The van der Waals surface area contributed by atoms with Gasteiger partial charge < -0.3 is 15.0 Å². The van der Waals surface area contributed by atoms with Gasteiger partial charge in [-0.3, -0.25) is 9.59 Å². The molecular formula is C19H20N2O3S. The van der Waals surface area contributed by atoms with Gasteiger partial charge in [0, 0.05) is 25.2 Å². The number of hydrogen-bond donors (Lipinski definition) is 1.